The van der Waals surface area contributed by atoms with Gasteiger partial charge in [0.2, 0.25) is 5.91 Å². The summed E-state index contributed by atoms with van der Waals surface area (Å²) in [5, 5.41) is 14.7. The van der Waals surface area contributed by atoms with Crippen molar-refractivity contribution in [3.8, 4) is 6.07 Å². The molecule has 2 N–H and O–H groups in total. The molecule has 1 atom stereocenters. The van der Waals surface area contributed by atoms with Gasteiger partial charge in [-0.2, -0.15) is 5.26 Å². The maximum absolute atomic E-state index is 11.8. The van der Waals surface area contributed by atoms with Crippen molar-refractivity contribution in [3.05, 3.63) is 0 Å². The van der Waals surface area contributed by atoms with Gasteiger partial charge < -0.3 is 10.6 Å². The zero-order valence-electron chi connectivity index (χ0n) is 12.0. The van der Waals surface area contributed by atoms with Crippen LogP contribution in [0.5, 0.6) is 0 Å². The summed E-state index contributed by atoms with van der Waals surface area (Å²) >= 11 is 0. The Kier molecular flexibility index (Phi) is 8.19. The largest absolute Gasteiger partial charge is 0.354 e. The number of nitrogens with zero attached hydrogens (tertiary/aromatic N) is 2. The molecule has 1 saturated heterocycles. The maximum Gasteiger partial charge on any atom is 0.234 e. The first-order valence-electron chi connectivity index (χ1n) is 7.35. The van der Waals surface area contributed by atoms with E-state index in [4.69, 9.17) is 5.26 Å². The van der Waals surface area contributed by atoms with Crippen LogP contribution in [0.3, 0.4) is 0 Å². The average Bonchev–Trinajstić information content (AvgIpc) is 2.89. The Morgan fingerprint density at radius 1 is 1.58 bits per heavy atom. The molecule has 0 saturated carbocycles. The fraction of sp³-hybridized carbons (Fsp3) is 0.857. The van der Waals surface area contributed by atoms with Gasteiger partial charge in [-0.15, -0.1) is 0 Å². The number of carbonyl (C=O) groups is 1. The van der Waals surface area contributed by atoms with Gasteiger partial charge in [0.05, 0.1) is 19.0 Å². The topological polar surface area (TPSA) is 68.2 Å². The fourth-order valence-corrected chi connectivity index (χ4v) is 2.36. The Hall–Kier alpha value is -1.12. The van der Waals surface area contributed by atoms with Gasteiger partial charge in [-0.25, -0.2) is 0 Å². The van der Waals surface area contributed by atoms with Gasteiger partial charge in [0.1, 0.15) is 0 Å². The van der Waals surface area contributed by atoms with Gasteiger partial charge in [0.25, 0.3) is 0 Å². The Morgan fingerprint density at radius 3 is 3.05 bits per heavy atom. The van der Waals surface area contributed by atoms with Crippen molar-refractivity contribution in [1.82, 2.24) is 15.5 Å². The summed E-state index contributed by atoms with van der Waals surface area (Å²) in [6.45, 7) is 6.09. The van der Waals surface area contributed by atoms with E-state index < -0.39 is 0 Å². The van der Waals surface area contributed by atoms with Crippen LogP contribution in [0.25, 0.3) is 0 Å². The number of amides is 1. The molecule has 5 heteroatoms. The highest BCUT2D eigenvalue weighted by Crippen LogP contribution is 2.07. The van der Waals surface area contributed by atoms with Gasteiger partial charge in [-0.05, 0) is 32.4 Å². The molecule has 0 aromatic carbocycles. The van der Waals surface area contributed by atoms with Crippen molar-refractivity contribution in [1.29, 1.82) is 5.26 Å². The Labute approximate surface area is 116 Å². The van der Waals surface area contributed by atoms with E-state index in [0.717, 1.165) is 32.5 Å². The number of rotatable bonds is 9. The van der Waals surface area contributed by atoms with Gasteiger partial charge in [-0.1, -0.05) is 13.3 Å². The predicted molar refractivity (Wildman–Crippen MR) is 75.6 cm³/mol. The third-order valence-corrected chi connectivity index (χ3v) is 3.40. The molecule has 0 aliphatic carbocycles. The third kappa shape index (κ3) is 7.14. The lowest BCUT2D eigenvalue weighted by atomic mass is 10.2. The normalized spacial score (nSPS) is 18.5. The lowest BCUT2D eigenvalue weighted by molar-refractivity contribution is -0.122. The van der Waals surface area contributed by atoms with E-state index in [1.165, 1.54) is 12.8 Å². The molecule has 0 aromatic heterocycles. The van der Waals surface area contributed by atoms with Crippen molar-refractivity contribution >= 4 is 5.91 Å². The molecular formula is C14H26N4O. The molecule has 0 spiro atoms. The molecule has 1 amide bonds. The second kappa shape index (κ2) is 9.76. The second-order valence-electron chi connectivity index (χ2n) is 5.14. The SMILES string of the molecule is CCCCN(CC(=O)NCCC#N)CC1CCCN1. The summed E-state index contributed by atoms with van der Waals surface area (Å²) in [5.74, 6) is 0.0318. The molecule has 1 fully saturated rings. The zero-order chi connectivity index (χ0) is 13.9. The molecule has 1 aliphatic rings. The Balaban J connectivity index is 2.30. The first kappa shape index (κ1) is 15.9. The van der Waals surface area contributed by atoms with Gasteiger partial charge in [-0.3, -0.25) is 9.69 Å². The second-order valence-corrected chi connectivity index (χ2v) is 5.14. The van der Waals surface area contributed by atoms with Crippen molar-refractivity contribution in [2.45, 2.75) is 45.1 Å². The summed E-state index contributed by atoms with van der Waals surface area (Å²) in [7, 11) is 0. The summed E-state index contributed by atoms with van der Waals surface area (Å²) in [6.07, 6.45) is 5.09. The molecule has 1 heterocycles. The van der Waals surface area contributed by atoms with Crippen LogP contribution in [0.2, 0.25) is 0 Å². The first-order chi connectivity index (χ1) is 9.26. The third-order valence-electron chi connectivity index (χ3n) is 3.40. The molecule has 0 aromatic rings. The van der Waals surface area contributed by atoms with Crippen molar-refractivity contribution in [2.75, 3.05) is 32.7 Å². The highest BCUT2D eigenvalue weighted by molar-refractivity contribution is 5.78. The Morgan fingerprint density at radius 2 is 2.42 bits per heavy atom. The van der Waals surface area contributed by atoms with E-state index in [1.54, 1.807) is 0 Å². The number of hydrogen-bond donors (Lipinski definition) is 2. The number of nitriles is 1. The minimum absolute atomic E-state index is 0.0318. The number of carbonyl (C=O) groups excluding carboxylic acids is 1. The zero-order valence-corrected chi connectivity index (χ0v) is 12.0. The highest BCUT2D eigenvalue weighted by Gasteiger charge is 2.19. The van der Waals surface area contributed by atoms with E-state index in [2.05, 4.69) is 22.5 Å². The monoisotopic (exact) mass is 266 g/mol. The fourth-order valence-electron chi connectivity index (χ4n) is 2.36. The molecule has 5 nitrogen and oxygen atoms in total. The molecule has 108 valence electrons. The number of hydrogen-bond acceptors (Lipinski definition) is 4. The van der Waals surface area contributed by atoms with Crippen LogP contribution < -0.4 is 10.6 Å². The first-order valence-corrected chi connectivity index (χ1v) is 7.35. The van der Waals surface area contributed by atoms with Crippen LogP contribution in [-0.2, 0) is 4.79 Å². The summed E-state index contributed by atoms with van der Waals surface area (Å²) < 4.78 is 0. The maximum atomic E-state index is 11.8. The van der Waals surface area contributed by atoms with E-state index in [0.29, 0.717) is 25.6 Å². The molecule has 0 radical (unpaired) electrons. The summed E-state index contributed by atoms with van der Waals surface area (Å²) in [6, 6.07) is 2.56. The van der Waals surface area contributed by atoms with Gasteiger partial charge in [0.15, 0.2) is 0 Å². The van der Waals surface area contributed by atoms with Crippen LogP contribution in [0.15, 0.2) is 0 Å². The molecule has 1 unspecified atom stereocenters. The van der Waals surface area contributed by atoms with E-state index in [9.17, 15) is 4.79 Å². The van der Waals surface area contributed by atoms with Crippen molar-refractivity contribution in [2.24, 2.45) is 0 Å². The minimum atomic E-state index is 0.0318. The van der Waals surface area contributed by atoms with Gasteiger partial charge >= 0.3 is 0 Å². The Bertz CT molecular complexity index is 294. The van der Waals surface area contributed by atoms with Crippen molar-refractivity contribution < 1.29 is 4.79 Å². The summed E-state index contributed by atoms with van der Waals surface area (Å²) in [4.78, 5) is 14.0. The number of unbranched alkanes of at least 4 members (excludes halogenated alkanes) is 1. The smallest absolute Gasteiger partial charge is 0.234 e. The molecule has 0 bridgehead atoms. The quantitative estimate of drug-likeness (QED) is 0.608. The van der Waals surface area contributed by atoms with Crippen LogP contribution in [0.1, 0.15) is 39.0 Å². The molecular weight excluding hydrogens is 240 g/mol. The lowest BCUT2D eigenvalue weighted by Crippen LogP contribution is -2.43. The highest BCUT2D eigenvalue weighted by atomic mass is 16.2. The van der Waals surface area contributed by atoms with Crippen LogP contribution in [-0.4, -0.2) is 49.6 Å². The predicted octanol–water partition coefficient (Wildman–Crippen LogP) is 0.870. The van der Waals surface area contributed by atoms with Crippen molar-refractivity contribution in [3.63, 3.8) is 0 Å². The summed E-state index contributed by atoms with van der Waals surface area (Å²) in [5.41, 5.74) is 0. The van der Waals surface area contributed by atoms with Gasteiger partial charge in [0, 0.05) is 19.1 Å². The van der Waals surface area contributed by atoms with Crippen LogP contribution in [0.4, 0.5) is 0 Å². The minimum Gasteiger partial charge on any atom is -0.354 e. The number of nitrogens with one attached hydrogen (secondary N) is 2. The average molecular weight is 266 g/mol. The molecule has 1 rings (SSSR count). The lowest BCUT2D eigenvalue weighted by Gasteiger charge is -2.24. The van der Waals surface area contributed by atoms with Crippen LogP contribution >= 0.6 is 0 Å². The van der Waals surface area contributed by atoms with E-state index in [-0.39, 0.29) is 5.91 Å². The van der Waals surface area contributed by atoms with E-state index in [1.807, 2.05) is 6.07 Å². The van der Waals surface area contributed by atoms with Crippen LogP contribution in [0, 0.1) is 11.3 Å². The molecule has 1 aliphatic heterocycles. The standard InChI is InChI=1S/C14H26N4O/c1-2-3-10-18(11-13-6-4-8-16-13)12-14(19)17-9-5-7-15/h13,16H,2-6,8-12H2,1H3,(H,17,19). The van der Waals surface area contributed by atoms with E-state index >= 15 is 0 Å². The molecule has 19 heavy (non-hydrogen) atoms.